The van der Waals surface area contributed by atoms with Gasteiger partial charge in [-0.15, -0.1) is 0 Å². The third-order valence-corrected chi connectivity index (χ3v) is 5.76. The Morgan fingerprint density at radius 3 is 1.42 bits per heavy atom. The molecule has 5 aromatic carbocycles. The van der Waals surface area contributed by atoms with Crippen molar-refractivity contribution in [3.63, 3.8) is 0 Å². The molecule has 10 heteroatoms. The molecule has 0 saturated carbocycles. The molecule has 0 N–H and O–H groups in total. The van der Waals surface area contributed by atoms with E-state index in [1.807, 2.05) is 0 Å². The Morgan fingerprint density at radius 1 is 0.361 bits per heavy atom. The van der Waals surface area contributed by atoms with Crippen LogP contribution in [0.3, 0.4) is 0 Å². The highest BCUT2D eigenvalue weighted by Gasteiger charge is 2.29. The van der Waals surface area contributed by atoms with Crippen LogP contribution in [0.4, 0.5) is 43.9 Å². The van der Waals surface area contributed by atoms with E-state index >= 15 is 8.78 Å². The second-order valence-electron chi connectivity index (χ2n) is 7.82. The van der Waals surface area contributed by atoms with Gasteiger partial charge in [-0.1, -0.05) is 6.07 Å². The zero-order valence-corrected chi connectivity index (χ0v) is 17.4. The molecule has 0 amide bonds. The van der Waals surface area contributed by atoms with Crippen LogP contribution in [0, 0.1) is 58.2 Å². The standard InChI is InChI=1S/C26H8F10/c27-10-1-2-11-12(7-10)19(9-5-15(30)24(34)16(31)6-9)21-13(28)3-4-14(29)22(21)20(11)23-25(35)17(32)8-18(33)26(23)36/h1-8H. The van der Waals surface area contributed by atoms with Crippen molar-refractivity contribution in [3.05, 3.63) is 107 Å². The monoisotopic (exact) mass is 510 g/mol. The Morgan fingerprint density at radius 2 is 0.861 bits per heavy atom. The molecule has 0 spiro atoms. The van der Waals surface area contributed by atoms with Gasteiger partial charge in [0.05, 0.1) is 5.56 Å². The van der Waals surface area contributed by atoms with Crippen LogP contribution >= 0.6 is 0 Å². The molecular formula is C26H8F10. The van der Waals surface area contributed by atoms with Gasteiger partial charge in [0, 0.05) is 28.0 Å². The van der Waals surface area contributed by atoms with Crippen LogP contribution in [-0.4, -0.2) is 0 Å². The van der Waals surface area contributed by atoms with Gasteiger partial charge in [0.15, 0.2) is 40.7 Å². The summed E-state index contributed by atoms with van der Waals surface area (Å²) in [7, 11) is 0. The maximum absolute atomic E-state index is 15.2. The number of hydrogen-bond donors (Lipinski definition) is 0. The van der Waals surface area contributed by atoms with Gasteiger partial charge in [-0.2, -0.15) is 0 Å². The highest BCUT2D eigenvalue weighted by atomic mass is 19.2. The third kappa shape index (κ3) is 3.39. The fourth-order valence-corrected chi connectivity index (χ4v) is 4.30. The van der Waals surface area contributed by atoms with Gasteiger partial charge in [0.1, 0.15) is 17.5 Å². The van der Waals surface area contributed by atoms with Crippen molar-refractivity contribution in [2.24, 2.45) is 0 Å². The van der Waals surface area contributed by atoms with E-state index in [1.54, 1.807) is 0 Å². The Kier molecular flexibility index (Phi) is 5.42. The molecule has 0 fully saturated rings. The summed E-state index contributed by atoms with van der Waals surface area (Å²) in [6, 6.07) is 4.22. The normalized spacial score (nSPS) is 11.6. The van der Waals surface area contributed by atoms with Crippen LogP contribution < -0.4 is 0 Å². The second kappa shape index (κ2) is 8.25. The molecule has 0 aliphatic rings. The fourth-order valence-electron chi connectivity index (χ4n) is 4.30. The van der Waals surface area contributed by atoms with E-state index in [2.05, 4.69) is 0 Å². The van der Waals surface area contributed by atoms with Crippen molar-refractivity contribution in [3.8, 4) is 22.3 Å². The third-order valence-electron chi connectivity index (χ3n) is 5.76. The molecule has 0 nitrogen and oxygen atoms in total. The Labute approximate surface area is 195 Å². The van der Waals surface area contributed by atoms with Gasteiger partial charge in [-0.25, -0.2) is 43.9 Å². The predicted octanol–water partition coefficient (Wildman–Crippen LogP) is 8.72. The largest absolute Gasteiger partial charge is 0.207 e. The molecule has 5 aromatic rings. The predicted molar refractivity (Wildman–Crippen MR) is 112 cm³/mol. The maximum Gasteiger partial charge on any atom is 0.194 e. The van der Waals surface area contributed by atoms with E-state index in [4.69, 9.17) is 0 Å². The van der Waals surface area contributed by atoms with Crippen LogP contribution in [0.1, 0.15) is 0 Å². The molecule has 5 rings (SSSR count). The number of hydrogen-bond acceptors (Lipinski definition) is 0. The number of benzene rings is 5. The average Bonchev–Trinajstić information content (AvgIpc) is 2.82. The highest BCUT2D eigenvalue weighted by molar-refractivity contribution is 6.21. The van der Waals surface area contributed by atoms with E-state index in [0.29, 0.717) is 30.3 Å². The summed E-state index contributed by atoms with van der Waals surface area (Å²) in [5.74, 6) is -16.5. The van der Waals surface area contributed by atoms with E-state index < -0.39 is 102 Å². The molecule has 0 unspecified atom stereocenters. The first-order valence-electron chi connectivity index (χ1n) is 10.0. The van der Waals surface area contributed by atoms with Gasteiger partial charge < -0.3 is 0 Å². The molecule has 0 bridgehead atoms. The Bertz CT molecular complexity index is 1690. The molecule has 0 aliphatic heterocycles. The lowest BCUT2D eigenvalue weighted by molar-refractivity contribution is 0.448. The van der Waals surface area contributed by atoms with Crippen LogP contribution in [0.15, 0.2) is 48.5 Å². The molecule has 0 saturated heterocycles. The lowest BCUT2D eigenvalue weighted by atomic mass is 9.85. The van der Waals surface area contributed by atoms with Crippen LogP contribution in [0.5, 0.6) is 0 Å². The van der Waals surface area contributed by atoms with Gasteiger partial charge >= 0.3 is 0 Å². The van der Waals surface area contributed by atoms with Crippen molar-refractivity contribution in [1.29, 1.82) is 0 Å². The summed E-state index contributed by atoms with van der Waals surface area (Å²) in [6.45, 7) is 0. The van der Waals surface area contributed by atoms with Gasteiger partial charge in [-0.05, 0) is 52.7 Å². The minimum absolute atomic E-state index is 0.0897. The molecule has 0 radical (unpaired) electrons. The molecule has 36 heavy (non-hydrogen) atoms. The van der Waals surface area contributed by atoms with E-state index in [-0.39, 0.29) is 6.07 Å². The average molecular weight is 510 g/mol. The van der Waals surface area contributed by atoms with E-state index in [0.717, 1.165) is 12.1 Å². The van der Waals surface area contributed by atoms with Crippen molar-refractivity contribution in [2.75, 3.05) is 0 Å². The van der Waals surface area contributed by atoms with Gasteiger partial charge in [-0.3, -0.25) is 0 Å². The first-order valence-corrected chi connectivity index (χ1v) is 10.0. The van der Waals surface area contributed by atoms with Crippen LogP contribution in [0.25, 0.3) is 43.8 Å². The molecule has 0 aromatic heterocycles. The molecule has 0 atom stereocenters. The lowest BCUT2D eigenvalue weighted by Crippen LogP contribution is -2.03. The first-order chi connectivity index (χ1) is 17.0. The summed E-state index contributed by atoms with van der Waals surface area (Å²) in [6.07, 6.45) is 0. The fraction of sp³-hybridized carbons (Fsp3) is 0. The van der Waals surface area contributed by atoms with E-state index in [9.17, 15) is 35.1 Å². The first kappa shape index (κ1) is 23.7. The summed E-state index contributed by atoms with van der Waals surface area (Å²) >= 11 is 0. The van der Waals surface area contributed by atoms with E-state index in [1.165, 1.54) is 0 Å². The zero-order chi connectivity index (χ0) is 26.0. The molecule has 182 valence electrons. The highest BCUT2D eigenvalue weighted by Crippen LogP contribution is 2.47. The van der Waals surface area contributed by atoms with Crippen molar-refractivity contribution in [2.45, 2.75) is 0 Å². The molecular weight excluding hydrogens is 502 g/mol. The SMILES string of the molecule is Fc1ccc2c(-c3c(F)c(F)cc(F)c3F)c3c(F)ccc(F)c3c(-c3cc(F)c(F)c(F)c3)c2c1. The minimum Gasteiger partial charge on any atom is -0.207 e. The summed E-state index contributed by atoms with van der Waals surface area (Å²) in [5.41, 5.74) is -3.43. The smallest absolute Gasteiger partial charge is 0.194 e. The Balaban J connectivity index is 2.13. The van der Waals surface area contributed by atoms with Crippen molar-refractivity contribution >= 4 is 21.5 Å². The summed E-state index contributed by atoms with van der Waals surface area (Å²) in [5, 5.41) is -2.68. The summed E-state index contributed by atoms with van der Waals surface area (Å²) < 4.78 is 144. The van der Waals surface area contributed by atoms with Crippen LogP contribution in [0.2, 0.25) is 0 Å². The minimum atomic E-state index is -1.95. The van der Waals surface area contributed by atoms with Crippen molar-refractivity contribution in [1.82, 2.24) is 0 Å². The quantitative estimate of drug-likeness (QED) is 0.0965. The number of fused-ring (bicyclic) bond motifs is 2. The summed E-state index contributed by atoms with van der Waals surface area (Å²) in [4.78, 5) is 0. The lowest BCUT2D eigenvalue weighted by Gasteiger charge is -2.19. The second-order valence-corrected chi connectivity index (χ2v) is 7.82. The maximum atomic E-state index is 15.2. The topological polar surface area (TPSA) is 0 Å². The number of halogens is 10. The Hall–Kier alpha value is -4.08. The molecule has 0 aliphatic carbocycles. The molecule has 0 heterocycles. The van der Waals surface area contributed by atoms with Gasteiger partial charge in [0.2, 0.25) is 0 Å². The van der Waals surface area contributed by atoms with Crippen LogP contribution in [-0.2, 0) is 0 Å². The van der Waals surface area contributed by atoms with Crippen molar-refractivity contribution < 1.29 is 43.9 Å². The van der Waals surface area contributed by atoms with Gasteiger partial charge in [0.25, 0.3) is 0 Å². The number of rotatable bonds is 2. The zero-order valence-electron chi connectivity index (χ0n) is 17.4.